The number of piperidine rings is 1. The number of nitrogens with one attached hydrogen (secondary N) is 1. The van der Waals surface area contributed by atoms with E-state index in [4.69, 9.17) is 25.5 Å². The molecule has 3 aromatic heterocycles. The van der Waals surface area contributed by atoms with Gasteiger partial charge in [0.2, 0.25) is 11.8 Å². The summed E-state index contributed by atoms with van der Waals surface area (Å²) in [5, 5.41) is 28.9. The molecule has 0 aliphatic carbocycles. The van der Waals surface area contributed by atoms with Gasteiger partial charge in [-0.15, -0.1) is 10.2 Å². The first-order valence-corrected chi connectivity index (χ1v) is 13.3. The Kier molecular flexibility index (Phi) is 7.83. The molecule has 1 saturated heterocycles. The molecular weight excluding hydrogens is 542 g/mol. The van der Waals surface area contributed by atoms with E-state index in [-0.39, 0.29) is 16.0 Å². The number of furan rings is 1. The molecule has 39 heavy (non-hydrogen) atoms. The average molecular weight is 568 g/mol. The second kappa shape index (κ2) is 11.4. The maximum Gasteiger partial charge on any atom is 0.239 e. The van der Waals surface area contributed by atoms with Crippen molar-refractivity contribution in [2.45, 2.75) is 24.7 Å². The lowest BCUT2D eigenvalue weighted by molar-refractivity contribution is 0.156. The summed E-state index contributed by atoms with van der Waals surface area (Å²) in [6.07, 6.45) is 1.59. The molecule has 1 fully saturated rings. The molecule has 2 atom stereocenters. The lowest BCUT2D eigenvalue weighted by atomic mass is 10.1. The number of aliphatic hydroxyl groups is 1. The van der Waals surface area contributed by atoms with Gasteiger partial charge in [0.1, 0.15) is 34.2 Å². The Balaban J connectivity index is 1.45. The van der Waals surface area contributed by atoms with Crippen LogP contribution in [0.1, 0.15) is 17.7 Å². The molecule has 4 aromatic rings. The van der Waals surface area contributed by atoms with Crippen LogP contribution in [0.25, 0.3) is 17.3 Å². The number of para-hydroxylation sites is 1. The van der Waals surface area contributed by atoms with E-state index >= 15 is 0 Å². The highest BCUT2D eigenvalue weighted by Crippen LogP contribution is 2.39. The standard InChI is InChI=1S/C26H26ClN7O4S/c1-15-7-8-22(38-15)25-30-31-26(34(25)23-20(36-2)5-4-6-21(23)37-3)32-39-19-10-18(35)13-33(14-19)17-9-16(11-28)24(27)29-12-17/h4-9,12,18-19,35H,10,13-14H2,1-3H3,(H,31,32). The Bertz CT molecular complexity index is 1500. The normalized spacial score (nSPS) is 17.1. The first-order valence-electron chi connectivity index (χ1n) is 12.1. The largest absolute Gasteiger partial charge is 0.494 e. The highest BCUT2D eigenvalue weighted by Gasteiger charge is 2.29. The van der Waals surface area contributed by atoms with Gasteiger partial charge in [-0.2, -0.15) is 5.26 Å². The van der Waals surface area contributed by atoms with Crippen LogP contribution in [0.15, 0.2) is 47.0 Å². The number of halogens is 1. The van der Waals surface area contributed by atoms with Crippen LogP contribution in [0.4, 0.5) is 11.6 Å². The van der Waals surface area contributed by atoms with Crippen molar-refractivity contribution in [2.75, 3.05) is 36.9 Å². The number of β-amino-alcohol motifs (C(OH)–C–C–N with tert-alkyl or cyclic N) is 1. The number of nitrogens with zero attached hydrogens (tertiary/aromatic N) is 6. The van der Waals surface area contributed by atoms with Gasteiger partial charge >= 0.3 is 0 Å². The summed E-state index contributed by atoms with van der Waals surface area (Å²) in [4.78, 5) is 6.11. The van der Waals surface area contributed by atoms with Crippen molar-refractivity contribution in [1.82, 2.24) is 19.7 Å². The zero-order valence-corrected chi connectivity index (χ0v) is 23.0. The number of hydrogen-bond donors (Lipinski definition) is 2. The van der Waals surface area contributed by atoms with Crippen molar-refractivity contribution in [3.63, 3.8) is 0 Å². The third kappa shape index (κ3) is 5.47. The van der Waals surface area contributed by atoms with Crippen molar-refractivity contribution in [3.05, 3.63) is 59.1 Å². The number of benzene rings is 1. The quantitative estimate of drug-likeness (QED) is 0.230. The average Bonchev–Trinajstić information content (AvgIpc) is 3.57. The van der Waals surface area contributed by atoms with Gasteiger partial charge in [-0.1, -0.05) is 17.7 Å². The number of rotatable bonds is 8. The van der Waals surface area contributed by atoms with E-state index in [1.807, 2.05) is 42.2 Å². The fourth-order valence-corrected chi connectivity index (χ4v) is 5.60. The van der Waals surface area contributed by atoms with Crippen LogP contribution >= 0.6 is 23.5 Å². The van der Waals surface area contributed by atoms with Gasteiger partial charge in [0.25, 0.3) is 0 Å². The minimum atomic E-state index is -0.576. The maximum atomic E-state index is 10.6. The minimum absolute atomic E-state index is 0.0333. The Hall–Kier alpha value is -3.92. The number of hydrogen-bond acceptors (Lipinski definition) is 11. The number of nitriles is 1. The summed E-state index contributed by atoms with van der Waals surface area (Å²) in [6, 6.07) is 12.9. The predicted molar refractivity (Wildman–Crippen MR) is 149 cm³/mol. The highest BCUT2D eigenvalue weighted by molar-refractivity contribution is 8.01. The van der Waals surface area contributed by atoms with Crippen LogP contribution in [0, 0.1) is 18.3 Å². The molecule has 202 valence electrons. The predicted octanol–water partition coefficient (Wildman–Crippen LogP) is 4.47. The van der Waals surface area contributed by atoms with Crippen molar-refractivity contribution < 1.29 is 19.0 Å². The molecule has 1 aromatic carbocycles. The Morgan fingerprint density at radius 1 is 1.18 bits per heavy atom. The van der Waals surface area contributed by atoms with Gasteiger partial charge in [0, 0.05) is 18.3 Å². The van der Waals surface area contributed by atoms with Crippen LogP contribution in [-0.4, -0.2) is 63.5 Å². The van der Waals surface area contributed by atoms with Crippen molar-refractivity contribution in [3.8, 4) is 34.8 Å². The molecule has 0 amide bonds. The second-order valence-corrected chi connectivity index (χ2v) is 10.3. The topological polar surface area (TPSA) is 134 Å². The van der Waals surface area contributed by atoms with Crippen LogP contribution in [-0.2, 0) is 0 Å². The monoisotopic (exact) mass is 567 g/mol. The summed E-state index contributed by atoms with van der Waals surface area (Å²) >= 11 is 7.43. The van der Waals surface area contributed by atoms with Crippen LogP contribution in [0.2, 0.25) is 5.15 Å². The molecule has 13 heteroatoms. The van der Waals surface area contributed by atoms with Crippen molar-refractivity contribution >= 4 is 35.2 Å². The number of ether oxygens (including phenoxy) is 2. The molecule has 5 rings (SSSR count). The molecule has 2 N–H and O–H groups in total. The number of anilines is 2. The van der Waals surface area contributed by atoms with Crippen LogP contribution < -0.4 is 19.1 Å². The van der Waals surface area contributed by atoms with Gasteiger partial charge in [0.15, 0.2) is 5.76 Å². The van der Waals surface area contributed by atoms with Gasteiger partial charge in [0.05, 0.1) is 37.8 Å². The van der Waals surface area contributed by atoms with Crippen molar-refractivity contribution in [2.24, 2.45) is 0 Å². The molecule has 2 unspecified atom stereocenters. The lowest BCUT2D eigenvalue weighted by Crippen LogP contribution is -2.45. The first kappa shape index (κ1) is 26.7. The van der Waals surface area contributed by atoms with E-state index in [0.29, 0.717) is 54.2 Å². The minimum Gasteiger partial charge on any atom is -0.494 e. The number of pyridine rings is 1. The Labute approximate surface area is 234 Å². The zero-order chi connectivity index (χ0) is 27.5. The summed E-state index contributed by atoms with van der Waals surface area (Å²) in [7, 11) is 3.17. The van der Waals surface area contributed by atoms with E-state index in [2.05, 4.69) is 26.0 Å². The van der Waals surface area contributed by atoms with Crippen molar-refractivity contribution in [1.29, 1.82) is 5.26 Å². The molecule has 4 heterocycles. The second-order valence-electron chi connectivity index (χ2n) is 8.88. The summed E-state index contributed by atoms with van der Waals surface area (Å²) in [5.41, 5.74) is 1.62. The van der Waals surface area contributed by atoms with E-state index in [9.17, 15) is 10.4 Å². The van der Waals surface area contributed by atoms with Gasteiger partial charge in [-0.05, 0) is 55.6 Å². The van der Waals surface area contributed by atoms with E-state index < -0.39 is 6.10 Å². The van der Waals surface area contributed by atoms with E-state index in [1.54, 1.807) is 31.0 Å². The number of aryl methyl sites for hydroxylation is 1. The third-order valence-electron chi connectivity index (χ3n) is 6.27. The van der Waals surface area contributed by atoms with Gasteiger partial charge in [-0.25, -0.2) is 4.98 Å². The summed E-state index contributed by atoms with van der Waals surface area (Å²) in [5.74, 6) is 3.30. The fraction of sp³-hybridized carbons (Fsp3) is 0.308. The zero-order valence-electron chi connectivity index (χ0n) is 21.5. The lowest BCUT2D eigenvalue weighted by Gasteiger charge is -2.36. The SMILES string of the molecule is COc1cccc(OC)c1-n1c(NSC2CC(O)CN(c3cnc(Cl)c(C#N)c3)C2)nnc1-c1ccc(C)o1. The summed E-state index contributed by atoms with van der Waals surface area (Å²) < 4.78 is 22.3. The van der Waals surface area contributed by atoms with E-state index in [1.165, 1.54) is 11.9 Å². The molecule has 0 radical (unpaired) electrons. The molecule has 1 aliphatic heterocycles. The number of aliphatic hydroxyl groups excluding tert-OH is 1. The molecule has 0 bridgehead atoms. The number of aromatic nitrogens is 4. The number of methoxy groups -OCH3 is 2. The molecule has 11 nitrogen and oxygen atoms in total. The highest BCUT2D eigenvalue weighted by atomic mass is 35.5. The molecule has 0 saturated carbocycles. The third-order valence-corrected chi connectivity index (χ3v) is 7.54. The fourth-order valence-electron chi connectivity index (χ4n) is 4.48. The Morgan fingerprint density at radius 3 is 2.62 bits per heavy atom. The van der Waals surface area contributed by atoms with Gasteiger partial charge < -0.3 is 23.9 Å². The summed E-state index contributed by atoms with van der Waals surface area (Å²) in [6.45, 7) is 2.87. The molecule has 0 spiro atoms. The van der Waals surface area contributed by atoms with Gasteiger partial charge in [-0.3, -0.25) is 9.29 Å². The van der Waals surface area contributed by atoms with Crippen LogP contribution in [0.5, 0.6) is 11.5 Å². The molecular formula is C26H26ClN7O4S. The van der Waals surface area contributed by atoms with Crippen LogP contribution in [0.3, 0.4) is 0 Å². The molecule has 1 aliphatic rings. The maximum absolute atomic E-state index is 10.6. The van der Waals surface area contributed by atoms with E-state index in [0.717, 1.165) is 11.4 Å². The Morgan fingerprint density at radius 2 is 1.95 bits per heavy atom. The first-order chi connectivity index (χ1) is 18.9. The smallest absolute Gasteiger partial charge is 0.239 e.